The van der Waals surface area contributed by atoms with Gasteiger partial charge in [-0.2, -0.15) is 0 Å². The van der Waals surface area contributed by atoms with E-state index >= 15 is 0 Å². The third-order valence-corrected chi connectivity index (χ3v) is 2.47. The van der Waals surface area contributed by atoms with Crippen molar-refractivity contribution in [3.63, 3.8) is 0 Å². The van der Waals surface area contributed by atoms with Crippen molar-refractivity contribution in [3.05, 3.63) is 0 Å². The molecule has 1 heterocycles. The summed E-state index contributed by atoms with van der Waals surface area (Å²) in [6.45, 7) is 4.93. The predicted molar refractivity (Wildman–Crippen MR) is 55.4 cm³/mol. The Kier molecular flexibility index (Phi) is 6.80. The van der Waals surface area contributed by atoms with Crippen molar-refractivity contribution in [2.45, 2.75) is 19.3 Å². The zero-order chi connectivity index (χ0) is 10.9. The van der Waals surface area contributed by atoms with Crippen LogP contribution < -0.4 is 5.32 Å². The average Bonchev–Trinajstić information content (AvgIpc) is 2.68. The number of likely N-dealkylation sites (tertiary alicyclic amines) is 1. The van der Waals surface area contributed by atoms with Crippen LogP contribution in [-0.4, -0.2) is 57.3 Å². The van der Waals surface area contributed by atoms with E-state index < -0.39 is 13.0 Å². The van der Waals surface area contributed by atoms with Crippen molar-refractivity contribution in [1.29, 1.82) is 0 Å². The summed E-state index contributed by atoms with van der Waals surface area (Å²) in [5, 5.41) is 3.17. The van der Waals surface area contributed by atoms with Crippen LogP contribution in [0.3, 0.4) is 0 Å². The molecule has 0 atom stereocenters. The Morgan fingerprint density at radius 3 is 2.60 bits per heavy atom. The lowest BCUT2D eigenvalue weighted by molar-refractivity contribution is 0.0187. The van der Waals surface area contributed by atoms with E-state index in [0.29, 0.717) is 13.2 Å². The summed E-state index contributed by atoms with van der Waals surface area (Å²) in [4.78, 5) is 2.41. The van der Waals surface area contributed by atoms with Gasteiger partial charge in [-0.05, 0) is 25.9 Å². The van der Waals surface area contributed by atoms with Gasteiger partial charge in [0.25, 0.3) is 6.43 Å². The van der Waals surface area contributed by atoms with E-state index in [4.69, 9.17) is 4.74 Å². The zero-order valence-corrected chi connectivity index (χ0v) is 9.05. The summed E-state index contributed by atoms with van der Waals surface area (Å²) in [7, 11) is 0. The number of hydrogen-bond acceptors (Lipinski definition) is 3. The number of hydrogen-bond donors (Lipinski definition) is 1. The van der Waals surface area contributed by atoms with Crippen LogP contribution in [-0.2, 0) is 4.74 Å². The normalized spacial score (nSPS) is 17.8. The molecule has 15 heavy (non-hydrogen) atoms. The monoisotopic (exact) mass is 222 g/mol. The van der Waals surface area contributed by atoms with Crippen molar-refractivity contribution in [2.75, 3.05) is 45.9 Å². The molecule has 1 rings (SSSR count). The molecule has 0 aromatic rings. The van der Waals surface area contributed by atoms with Crippen LogP contribution in [0.2, 0.25) is 0 Å². The highest BCUT2D eigenvalue weighted by molar-refractivity contribution is 4.66. The summed E-state index contributed by atoms with van der Waals surface area (Å²) < 4.78 is 28.1. The molecule has 1 N–H and O–H groups in total. The Labute approximate surface area is 89.8 Å². The summed E-state index contributed by atoms with van der Waals surface area (Å²) in [6, 6.07) is 0. The number of alkyl halides is 2. The molecule has 0 radical (unpaired) electrons. The van der Waals surface area contributed by atoms with Crippen molar-refractivity contribution in [1.82, 2.24) is 10.2 Å². The van der Waals surface area contributed by atoms with Gasteiger partial charge in [-0.1, -0.05) is 0 Å². The van der Waals surface area contributed by atoms with Crippen molar-refractivity contribution in [2.24, 2.45) is 0 Å². The molecule has 5 heteroatoms. The summed E-state index contributed by atoms with van der Waals surface area (Å²) >= 11 is 0. The smallest absolute Gasteiger partial charge is 0.261 e. The first kappa shape index (κ1) is 12.8. The first-order valence-corrected chi connectivity index (χ1v) is 5.58. The maximum Gasteiger partial charge on any atom is 0.261 e. The topological polar surface area (TPSA) is 24.5 Å². The van der Waals surface area contributed by atoms with Gasteiger partial charge in [0.2, 0.25) is 0 Å². The van der Waals surface area contributed by atoms with Crippen LogP contribution in [0.5, 0.6) is 0 Å². The van der Waals surface area contributed by atoms with Crippen molar-refractivity contribution >= 4 is 0 Å². The highest BCUT2D eigenvalue weighted by Crippen LogP contribution is 2.05. The second kappa shape index (κ2) is 7.96. The van der Waals surface area contributed by atoms with E-state index in [1.54, 1.807) is 0 Å². The Balaban J connectivity index is 1.76. The molecule has 1 saturated heterocycles. The van der Waals surface area contributed by atoms with Gasteiger partial charge in [0.1, 0.15) is 6.61 Å². The maximum atomic E-state index is 11.7. The fourth-order valence-corrected chi connectivity index (χ4v) is 1.69. The fraction of sp³-hybridized carbons (Fsp3) is 1.00. The number of ether oxygens (including phenoxy) is 1. The minimum atomic E-state index is -2.35. The molecule has 3 nitrogen and oxygen atoms in total. The average molecular weight is 222 g/mol. The molecule has 0 aliphatic carbocycles. The van der Waals surface area contributed by atoms with Gasteiger partial charge in [0, 0.05) is 19.6 Å². The van der Waals surface area contributed by atoms with Crippen LogP contribution in [0.4, 0.5) is 8.78 Å². The van der Waals surface area contributed by atoms with Gasteiger partial charge in [-0.25, -0.2) is 8.78 Å². The van der Waals surface area contributed by atoms with E-state index in [-0.39, 0.29) is 0 Å². The lowest BCUT2D eigenvalue weighted by Crippen LogP contribution is -2.31. The zero-order valence-electron chi connectivity index (χ0n) is 9.05. The molecule has 0 saturated carbocycles. The lowest BCUT2D eigenvalue weighted by atomic mass is 10.4. The first-order chi connectivity index (χ1) is 7.29. The molecule has 0 spiro atoms. The van der Waals surface area contributed by atoms with Gasteiger partial charge in [0.15, 0.2) is 0 Å². The van der Waals surface area contributed by atoms with E-state index in [2.05, 4.69) is 10.2 Å². The highest BCUT2D eigenvalue weighted by atomic mass is 19.3. The maximum absolute atomic E-state index is 11.7. The third kappa shape index (κ3) is 6.76. The molecular formula is C10H20F2N2O. The van der Waals surface area contributed by atoms with Gasteiger partial charge in [-0.3, -0.25) is 0 Å². The summed E-state index contributed by atoms with van der Waals surface area (Å²) in [5.41, 5.74) is 0. The quantitative estimate of drug-likeness (QED) is 0.619. The van der Waals surface area contributed by atoms with Crippen LogP contribution in [0.15, 0.2) is 0 Å². The van der Waals surface area contributed by atoms with Gasteiger partial charge in [0.05, 0.1) is 6.61 Å². The Morgan fingerprint density at radius 1 is 1.20 bits per heavy atom. The first-order valence-electron chi connectivity index (χ1n) is 5.58. The number of halogens is 2. The minimum absolute atomic E-state index is 0.365. The molecule has 1 aliphatic rings. The number of rotatable bonds is 8. The summed E-state index contributed by atoms with van der Waals surface area (Å²) in [5.74, 6) is 0. The lowest BCUT2D eigenvalue weighted by Gasteiger charge is -2.14. The molecule has 0 unspecified atom stereocenters. The Hall–Kier alpha value is -0.260. The Bertz CT molecular complexity index is 152. The van der Waals surface area contributed by atoms with Crippen LogP contribution >= 0.6 is 0 Å². The highest BCUT2D eigenvalue weighted by Gasteiger charge is 2.09. The second-order valence-electron chi connectivity index (χ2n) is 3.76. The van der Waals surface area contributed by atoms with E-state index in [1.165, 1.54) is 25.9 Å². The largest absolute Gasteiger partial charge is 0.374 e. The van der Waals surface area contributed by atoms with E-state index in [9.17, 15) is 8.78 Å². The third-order valence-electron chi connectivity index (χ3n) is 2.47. The van der Waals surface area contributed by atoms with Gasteiger partial charge < -0.3 is 15.0 Å². The van der Waals surface area contributed by atoms with Crippen molar-refractivity contribution in [3.8, 4) is 0 Å². The number of nitrogens with zero attached hydrogens (tertiary/aromatic N) is 1. The molecular weight excluding hydrogens is 202 g/mol. The second-order valence-corrected chi connectivity index (χ2v) is 3.76. The van der Waals surface area contributed by atoms with Crippen molar-refractivity contribution < 1.29 is 13.5 Å². The van der Waals surface area contributed by atoms with Gasteiger partial charge in [-0.15, -0.1) is 0 Å². The fourth-order valence-electron chi connectivity index (χ4n) is 1.69. The summed E-state index contributed by atoms with van der Waals surface area (Å²) in [6.07, 6.45) is 0.254. The Morgan fingerprint density at radius 2 is 1.93 bits per heavy atom. The SMILES string of the molecule is FC(F)COCCNCCN1CCCC1. The van der Waals surface area contributed by atoms with Crippen LogP contribution in [0.25, 0.3) is 0 Å². The van der Waals surface area contributed by atoms with Crippen LogP contribution in [0.1, 0.15) is 12.8 Å². The van der Waals surface area contributed by atoms with Crippen LogP contribution in [0, 0.1) is 0 Å². The standard InChI is InChI=1S/C10H20F2N2O/c11-10(12)9-15-8-4-13-3-7-14-5-1-2-6-14/h10,13H,1-9H2. The molecule has 90 valence electrons. The van der Waals surface area contributed by atoms with E-state index in [1.807, 2.05) is 0 Å². The molecule has 0 bridgehead atoms. The molecule has 0 amide bonds. The molecule has 1 fully saturated rings. The molecule has 0 aromatic carbocycles. The number of nitrogens with one attached hydrogen (secondary N) is 1. The molecule has 0 aromatic heterocycles. The predicted octanol–water partition coefficient (Wildman–Crippen LogP) is 0.953. The van der Waals surface area contributed by atoms with E-state index in [0.717, 1.165) is 13.1 Å². The van der Waals surface area contributed by atoms with Gasteiger partial charge >= 0.3 is 0 Å². The minimum Gasteiger partial charge on any atom is -0.374 e. The molecule has 1 aliphatic heterocycles.